The summed E-state index contributed by atoms with van der Waals surface area (Å²) in [7, 11) is 1.79. The van der Waals surface area contributed by atoms with Gasteiger partial charge in [-0.15, -0.1) is 10.2 Å². The summed E-state index contributed by atoms with van der Waals surface area (Å²) >= 11 is 0. The van der Waals surface area contributed by atoms with Gasteiger partial charge < -0.3 is 20.3 Å². The van der Waals surface area contributed by atoms with Crippen molar-refractivity contribution in [3.8, 4) is 28.6 Å². The summed E-state index contributed by atoms with van der Waals surface area (Å²) in [6.07, 6.45) is 1.57. The molecule has 244 valence electrons. The third kappa shape index (κ3) is 6.81. The fourth-order valence-corrected chi connectivity index (χ4v) is 6.20. The maximum atomic E-state index is 14.4. The fraction of sp³-hybridized carbons (Fsp3) is 0.394. The third-order valence-electron chi connectivity index (χ3n) is 8.59. The Labute approximate surface area is 269 Å². The van der Waals surface area contributed by atoms with Gasteiger partial charge in [0.2, 0.25) is 0 Å². The lowest BCUT2D eigenvalue weighted by Crippen LogP contribution is -2.26. The van der Waals surface area contributed by atoms with Crippen molar-refractivity contribution in [3.05, 3.63) is 70.8 Å². The van der Waals surface area contributed by atoms with E-state index in [1.807, 2.05) is 19.1 Å². The first-order chi connectivity index (χ1) is 22.5. The molecule has 0 saturated heterocycles. The number of nitriles is 1. The van der Waals surface area contributed by atoms with Crippen molar-refractivity contribution in [2.24, 2.45) is 7.05 Å². The summed E-state index contributed by atoms with van der Waals surface area (Å²) in [5.74, 6) is 0.322. The highest BCUT2D eigenvalue weighted by atomic mass is 19.4. The first-order valence-corrected chi connectivity index (χ1v) is 15.4. The smallest absolute Gasteiger partial charge is 0.390 e. The van der Waals surface area contributed by atoms with Gasteiger partial charge in [-0.25, -0.2) is 4.98 Å². The highest BCUT2D eigenvalue weighted by Crippen LogP contribution is 2.41. The lowest BCUT2D eigenvalue weighted by atomic mass is 9.98. The fourth-order valence-electron chi connectivity index (χ4n) is 6.20. The number of aryl methyl sites for hydroxylation is 2. The van der Waals surface area contributed by atoms with E-state index in [4.69, 9.17) is 5.26 Å². The number of hydrogen-bond donors (Lipinski definition) is 3. The van der Waals surface area contributed by atoms with Crippen molar-refractivity contribution in [2.75, 3.05) is 16.8 Å². The Morgan fingerprint density at radius 1 is 1.13 bits per heavy atom. The Balaban J connectivity index is 1.42. The number of fused-ring (bicyclic) bond motifs is 1. The van der Waals surface area contributed by atoms with E-state index in [1.54, 1.807) is 42.3 Å². The molecule has 1 aliphatic carbocycles. The molecule has 0 radical (unpaired) electrons. The van der Waals surface area contributed by atoms with Crippen molar-refractivity contribution in [2.45, 2.75) is 70.4 Å². The molecule has 1 atom stereocenters. The Bertz CT molecular complexity index is 1840. The molecule has 47 heavy (non-hydrogen) atoms. The maximum Gasteiger partial charge on any atom is 0.416 e. The first kappa shape index (κ1) is 32.1. The second kappa shape index (κ2) is 13.1. The SMILES string of the molecule is Cc1cc(-c2cc(NC[C@@H](O)CC#N)nc(N3Cc4c(cc(CNC5CCCC5)cc4C(F)(F)F)C3=O)c2)c(-c2nncn2C)cn1. The summed E-state index contributed by atoms with van der Waals surface area (Å²) in [6, 6.07) is 10.0. The monoisotopic (exact) mass is 645 g/mol. The molecule has 11 nitrogen and oxygen atoms in total. The molecule has 4 heterocycles. The van der Waals surface area contributed by atoms with Crippen molar-refractivity contribution < 1.29 is 23.1 Å². The van der Waals surface area contributed by atoms with E-state index in [-0.39, 0.29) is 54.9 Å². The van der Waals surface area contributed by atoms with Crippen LogP contribution in [0.1, 0.15) is 64.8 Å². The standard InChI is InChI=1S/C33H34F3N9O2/c1-19-9-24(26(16-38-19)31-43-41-18-44(31)2)21-12-29(40-15-23(46)7-8-37)42-30(13-21)45-17-27-25(32(45)47)10-20(11-28(27)33(34,35)36)14-39-22-5-3-4-6-22/h9-13,16,18,22-23,39,46H,3-7,14-15,17H2,1-2H3,(H,40,42)/t23-/m0/s1. The Morgan fingerprint density at radius 2 is 1.91 bits per heavy atom. The minimum absolute atomic E-state index is 0.00580. The predicted molar refractivity (Wildman–Crippen MR) is 168 cm³/mol. The average Bonchev–Trinajstić information content (AvgIpc) is 3.79. The van der Waals surface area contributed by atoms with Gasteiger partial charge in [-0.3, -0.25) is 14.7 Å². The van der Waals surface area contributed by atoms with Crippen LogP contribution in [0.4, 0.5) is 24.8 Å². The average molecular weight is 646 g/mol. The van der Waals surface area contributed by atoms with Crippen LogP contribution >= 0.6 is 0 Å². The van der Waals surface area contributed by atoms with Crippen LogP contribution in [0.15, 0.2) is 42.9 Å². The Morgan fingerprint density at radius 3 is 2.62 bits per heavy atom. The topological polar surface area (TPSA) is 145 Å². The van der Waals surface area contributed by atoms with E-state index < -0.39 is 23.8 Å². The van der Waals surface area contributed by atoms with Crippen LogP contribution in [0, 0.1) is 18.3 Å². The summed E-state index contributed by atoms with van der Waals surface area (Å²) in [5.41, 5.74) is 2.05. The molecular formula is C33H34F3N9O2. The molecule has 1 saturated carbocycles. The summed E-state index contributed by atoms with van der Waals surface area (Å²) < 4.78 is 45.0. The van der Waals surface area contributed by atoms with Gasteiger partial charge in [0.15, 0.2) is 5.82 Å². The van der Waals surface area contributed by atoms with Crippen LogP contribution in [-0.2, 0) is 26.3 Å². The zero-order valence-electron chi connectivity index (χ0n) is 26.0. The number of hydrogen-bond acceptors (Lipinski definition) is 9. The van der Waals surface area contributed by atoms with Crippen LogP contribution in [0.2, 0.25) is 0 Å². The Kier molecular flexibility index (Phi) is 8.94. The minimum atomic E-state index is -4.66. The number of carbonyl (C=O) groups is 1. The molecule has 0 unspecified atom stereocenters. The second-order valence-electron chi connectivity index (χ2n) is 12.1. The largest absolute Gasteiger partial charge is 0.416 e. The quantitative estimate of drug-likeness (QED) is 0.213. The number of nitrogens with zero attached hydrogens (tertiary/aromatic N) is 7. The molecule has 14 heteroatoms. The van der Waals surface area contributed by atoms with Gasteiger partial charge in [0.25, 0.3) is 5.91 Å². The number of anilines is 2. The molecule has 4 aromatic rings. The third-order valence-corrected chi connectivity index (χ3v) is 8.59. The van der Waals surface area contributed by atoms with Gasteiger partial charge in [0.1, 0.15) is 18.0 Å². The molecule has 1 aromatic carbocycles. The van der Waals surface area contributed by atoms with E-state index >= 15 is 0 Å². The first-order valence-electron chi connectivity index (χ1n) is 15.4. The molecule has 1 fully saturated rings. The van der Waals surface area contributed by atoms with Crippen molar-refractivity contribution in [1.29, 1.82) is 5.26 Å². The molecule has 0 spiro atoms. The van der Waals surface area contributed by atoms with Gasteiger partial charge in [-0.05, 0) is 72.4 Å². The Hall–Kier alpha value is -4.87. The van der Waals surface area contributed by atoms with Gasteiger partial charge >= 0.3 is 6.18 Å². The van der Waals surface area contributed by atoms with Gasteiger partial charge in [0.05, 0.1) is 30.7 Å². The van der Waals surface area contributed by atoms with E-state index in [2.05, 4.69) is 30.8 Å². The van der Waals surface area contributed by atoms with Crippen molar-refractivity contribution in [1.82, 2.24) is 30.0 Å². The van der Waals surface area contributed by atoms with Gasteiger partial charge in [0, 0.05) is 49.2 Å². The number of carbonyl (C=O) groups excluding carboxylic acids is 1. The molecule has 2 aliphatic rings. The van der Waals surface area contributed by atoms with Crippen LogP contribution < -0.4 is 15.5 Å². The van der Waals surface area contributed by atoms with Gasteiger partial charge in [-0.1, -0.05) is 12.8 Å². The van der Waals surface area contributed by atoms with Gasteiger partial charge in [-0.2, -0.15) is 18.4 Å². The van der Waals surface area contributed by atoms with Crippen LogP contribution in [0.3, 0.4) is 0 Å². The highest BCUT2D eigenvalue weighted by molar-refractivity contribution is 6.10. The second-order valence-corrected chi connectivity index (χ2v) is 12.1. The number of alkyl halides is 3. The number of benzene rings is 1. The molecule has 3 N–H and O–H groups in total. The maximum absolute atomic E-state index is 14.4. The molecule has 0 bridgehead atoms. The van der Waals surface area contributed by atoms with Crippen molar-refractivity contribution in [3.63, 3.8) is 0 Å². The number of aromatic nitrogens is 5. The van der Waals surface area contributed by atoms with E-state index in [1.165, 1.54) is 4.90 Å². The van der Waals surface area contributed by atoms with E-state index in [0.717, 1.165) is 31.7 Å². The molecule has 3 aromatic heterocycles. The van der Waals surface area contributed by atoms with Crippen LogP contribution in [0.5, 0.6) is 0 Å². The number of aliphatic hydroxyl groups excluding tert-OH is 1. The van der Waals surface area contributed by atoms with E-state index in [0.29, 0.717) is 33.8 Å². The van der Waals surface area contributed by atoms with E-state index in [9.17, 15) is 23.1 Å². The lowest BCUT2D eigenvalue weighted by molar-refractivity contribution is -0.138. The molecule has 1 amide bonds. The zero-order chi connectivity index (χ0) is 33.3. The summed E-state index contributed by atoms with van der Waals surface area (Å²) in [4.78, 5) is 24.2. The molecule has 1 aliphatic heterocycles. The number of halogens is 3. The molecule has 6 rings (SSSR count). The highest BCUT2D eigenvalue weighted by Gasteiger charge is 2.41. The van der Waals surface area contributed by atoms with Crippen LogP contribution in [-0.4, -0.2) is 54.4 Å². The zero-order valence-corrected chi connectivity index (χ0v) is 26.0. The van der Waals surface area contributed by atoms with Crippen molar-refractivity contribution >= 4 is 17.5 Å². The predicted octanol–water partition coefficient (Wildman–Crippen LogP) is 5.15. The number of aliphatic hydroxyl groups is 1. The lowest BCUT2D eigenvalue weighted by Gasteiger charge is -2.20. The normalized spacial score (nSPS) is 15.6. The number of nitrogens with one attached hydrogen (secondary N) is 2. The molecular weight excluding hydrogens is 611 g/mol. The number of rotatable bonds is 10. The van der Waals surface area contributed by atoms with Crippen LogP contribution in [0.25, 0.3) is 22.5 Å². The number of pyridine rings is 2. The minimum Gasteiger partial charge on any atom is -0.390 e. The number of amides is 1. The summed E-state index contributed by atoms with van der Waals surface area (Å²) in [6.45, 7) is 1.71. The summed E-state index contributed by atoms with van der Waals surface area (Å²) in [5, 5.41) is 33.8.